The first-order valence-corrected chi connectivity index (χ1v) is 10.2. The minimum atomic E-state index is -3.21. The molecular weight excluding hydrogens is 300 g/mol. The van der Waals surface area contributed by atoms with Gasteiger partial charge < -0.3 is 5.32 Å². The van der Waals surface area contributed by atoms with E-state index in [2.05, 4.69) is 10.0 Å². The quantitative estimate of drug-likeness (QED) is 0.812. The van der Waals surface area contributed by atoms with Crippen LogP contribution in [0.15, 0.2) is 0 Å². The molecule has 2 rings (SSSR count). The van der Waals surface area contributed by atoms with Gasteiger partial charge in [0.15, 0.2) is 0 Å². The van der Waals surface area contributed by atoms with Crippen LogP contribution in [-0.2, 0) is 14.8 Å². The molecule has 0 radical (unpaired) electrons. The van der Waals surface area contributed by atoms with Crippen LogP contribution in [0.1, 0.15) is 71.6 Å². The van der Waals surface area contributed by atoms with E-state index in [-0.39, 0.29) is 17.9 Å². The second-order valence-electron chi connectivity index (χ2n) is 7.10. The van der Waals surface area contributed by atoms with Crippen molar-refractivity contribution < 1.29 is 13.2 Å². The maximum Gasteiger partial charge on any atom is 0.223 e. The summed E-state index contributed by atoms with van der Waals surface area (Å²) in [5.41, 5.74) is 0. The van der Waals surface area contributed by atoms with Gasteiger partial charge in [-0.1, -0.05) is 19.3 Å². The summed E-state index contributed by atoms with van der Waals surface area (Å²) < 4.78 is 26.5. The number of carbonyl (C=O) groups is 1. The van der Waals surface area contributed by atoms with E-state index < -0.39 is 15.3 Å². The number of hydrogen-bond acceptors (Lipinski definition) is 3. The van der Waals surface area contributed by atoms with Gasteiger partial charge in [0, 0.05) is 18.0 Å². The zero-order valence-corrected chi connectivity index (χ0v) is 14.6. The summed E-state index contributed by atoms with van der Waals surface area (Å²) >= 11 is 0. The van der Waals surface area contributed by atoms with E-state index in [1.807, 2.05) is 0 Å². The van der Waals surface area contributed by atoms with Gasteiger partial charge in [-0.2, -0.15) is 0 Å². The second kappa shape index (κ2) is 7.77. The van der Waals surface area contributed by atoms with E-state index in [4.69, 9.17) is 0 Å². The summed E-state index contributed by atoms with van der Waals surface area (Å²) in [7, 11) is -3.21. The van der Waals surface area contributed by atoms with Gasteiger partial charge in [-0.3, -0.25) is 4.79 Å². The molecule has 128 valence electrons. The summed E-state index contributed by atoms with van der Waals surface area (Å²) in [6.07, 6.45) is 9.01. The Bertz CT molecular complexity index is 462. The standard InChI is InChI=1S/C16H30N2O3S/c1-12(2)22(20,21)18-15-10-8-13(9-11-15)16(19)17-14-6-4-3-5-7-14/h12-15,18H,3-11H2,1-2H3,(H,17,19). The molecule has 2 fully saturated rings. The molecular formula is C16H30N2O3S. The Morgan fingerprint density at radius 1 is 0.909 bits per heavy atom. The molecule has 0 aromatic carbocycles. The average molecular weight is 330 g/mol. The van der Waals surface area contributed by atoms with Gasteiger partial charge in [0.25, 0.3) is 0 Å². The minimum Gasteiger partial charge on any atom is -0.353 e. The molecule has 2 N–H and O–H groups in total. The highest BCUT2D eigenvalue weighted by atomic mass is 32.2. The number of sulfonamides is 1. The Kier molecular flexibility index (Phi) is 6.26. The molecule has 1 amide bonds. The zero-order chi connectivity index (χ0) is 16.2. The van der Waals surface area contributed by atoms with Crippen LogP contribution in [0, 0.1) is 5.92 Å². The van der Waals surface area contributed by atoms with Crippen LogP contribution in [0.4, 0.5) is 0 Å². The molecule has 0 unspecified atom stereocenters. The predicted molar refractivity (Wildman–Crippen MR) is 88.0 cm³/mol. The number of rotatable bonds is 5. The third-order valence-corrected chi connectivity index (χ3v) is 6.90. The molecule has 0 spiro atoms. The third kappa shape index (κ3) is 4.95. The summed E-state index contributed by atoms with van der Waals surface area (Å²) in [6.45, 7) is 3.37. The van der Waals surface area contributed by atoms with Crippen LogP contribution in [0.25, 0.3) is 0 Å². The van der Waals surface area contributed by atoms with Crippen molar-refractivity contribution in [3.8, 4) is 0 Å². The summed E-state index contributed by atoms with van der Waals surface area (Å²) in [5.74, 6) is 0.235. The van der Waals surface area contributed by atoms with Crippen molar-refractivity contribution in [1.29, 1.82) is 0 Å². The van der Waals surface area contributed by atoms with E-state index in [9.17, 15) is 13.2 Å². The van der Waals surface area contributed by atoms with E-state index in [0.29, 0.717) is 6.04 Å². The van der Waals surface area contributed by atoms with Crippen LogP contribution < -0.4 is 10.0 Å². The molecule has 5 nitrogen and oxygen atoms in total. The highest BCUT2D eigenvalue weighted by Gasteiger charge is 2.30. The molecule has 0 atom stereocenters. The fourth-order valence-corrected chi connectivity index (χ4v) is 4.38. The normalized spacial score (nSPS) is 27.8. The van der Waals surface area contributed by atoms with Crippen LogP contribution in [0.2, 0.25) is 0 Å². The Hall–Kier alpha value is -0.620. The van der Waals surface area contributed by atoms with Crippen LogP contribution in [-0.4, -0.2) is 31.7 Å². The molecule has 2 saturated carbocycles. The predicted octanol–water partition coefficient (Wildman–Crippen LogP) is 2.32. The first-order chi connectivity index (χ1) is 10.4. The molecule has 6 heteroatoms. The fourth-order valence-electron chi connectivity index (χ4n) is 3.41. The molecule has 2 aliphatic rings. The largest absolute Gasteiger partial charge is 0.353 e. The van der Waals surface area contributed by atoms with Crippen molar-refractivity contribution in [2.75, 3.05) is 0 Å². The molecule has 0 aliphatic heterocycles. The van der Waals surface area contributed by atoms with Crippen molar-refractivity contribution >= 4 is 15.9 Å². The Balaban J connectivity index is 1.75. The van der Waals surface area contributed by atoms with Gasteiger partial charge >= 0.3 is 0 Å². The van der Waals surface area contributed by atoms with E-state index in [0.717, 1.165) is 38.5 Å². The SMILES string of the molecule is CC(C)S(=O)(=O)NC1CCC(C(=O)NC2CCCCC2)CC1. The van der Waals surface area contributed by atoms with Gasteiger partial charge in [0.05, 0.1) is 5.25 Å². The average Bonchev–Trinajstić information content (AvgIpc) is 2.48. The van der Waals surface area contributed by atoms with E-state index in [1.54, 1.807) is 13.8 Å². The van der Waals surface area contributed by atoms with Crippen LogP contribution in [0.5, 0.6) is 0 Å². The van der Waals surface area contributed by atoms with Crippen molar-refractivity contribution in [3.63, 3.8) is 0 Å². The lowest BCUT2D eigenvalue weighted by atomic mass is 9.85. The molecule has 0 heterocycles. The van der Waals surface area contributed by atoms with Gasteiger partial charge in [0.2, 0.25) is 15.9 Å². The number of amides is 1. The molecule has 22 heavy (non-hydrogen) atoms. The van der Waals surface area contributed by atoms with Crippen LogP contribution >= 0.6 is 0 Å². The van der Waals surface area contributed by atoms with Crippen molar-refractivity contribution in [2.45, 2.75) is 89.0 Å². The number of carbonyl (C=O) groups excluding carboxylic acids is 1. The van der Waals surface area contributed by atoms with Crippen molar-refractivity contribution in [3.05, 3.63) is 0 Å². The highest BCUT2D eigenvalue weighted by molar-refractivity contribution is 7.90. The van der Waals surface area contributed by atoms with Crippen LogP contribution in [0.3, 0.4) is 0 Å². The Labute approximate surface area is 134 Å². The number of hydrogen-bond donors (Lipinski definition) is 2. The molecule has 2 aliphatic carbocycles. The van der Waals surface area contributed by atoms with E-state index in [1.165, 1.54) is 19.3 Å². The lowest BCUT2D eigenvalue weighted by molar-refractivity contribution is -0.127. The van der Waals surface area contributed by atoms with E-state index >= 15 is 0 Å². The second-order valence-corrected chi connectivity index (χ2v) is 9.37. The summed E-state index contributed by atoms with van der Waals surface area (Å²) in [4.78, 5) is 12.3. The summed E-state index contributed by atoms with van der Waals surface area (Å²) in [6, 6.07) is 0.351. The number of nitrogens with one attached hydrogen (secondary N) is 2. The molecule has 0 saturated heterocycles. The Morgan fingerprint density at radius 2 is 1.50 bits per heavy atom. The lowest BCUT2D eigenvalue weighted by Crippen LogP contribution is -2.45. The van der Waals surface area contributed by atoms with Crippen molar-refractivity contribution in [2.24, 2.45) is 5.92 Å². The monoisotopic (exact) mass is 330 g/mol. The first-order valence-electron chi connectivity index (χ1n) is 8.70. The molecule has 0 aromatic rings. The molecule has 0 bridgehead atoms. The topological polar surface area (TPSA) is 75.3 Å². The minimum absolute atomic E-state index is 0.00821. The van der Waals surface area contributed by atoms with Gasteiger partial charge in [-0.15, -0.1) is 0 Å². The highest BCUT2D eigenvalue weighted by Crippen LogP contribution is 2.26. The Morgan fingerprint density at radius 3 is 2.05 bits per heavy atom. The summed E-state index contributed by atoms with van der Waals surface area (Å²) in [5, 5.41) is 2.79. The maximum absolute atomic E-state index is 12.3. The lowest BCUT2D eigenvalue weighted by Gasteiger charge is -2.30. The van der Waals surface area contributed by atoms with Gasteiger partial charge in [-0.05, 0) is 52.4 Å². The zero-order valence-electron chi connectivity index (χ0n) is 13.8. The third-order valence-electron chi connectivity index (χ3n) is 5.00. The molecule has 0 aromatic heterocycles. The van der Waals surface area contributed by atoms with Gasteiger partial charge in [-0.25, -0.2) is 13.1 Å². The van der Waals surface area contributed by atoms with Gasteiger partial charge in [0.1, 0.15) is 0 Å². The smallest absolute Gasteiger partial charge is 0.223 e. The van der Waals surface area contributed by atoms with Crippen molar-refractivity contribution in [1.82, 2.24) is 10.0 Å². The first kappa shape index (κ1) is 17.7. The maximum atomic E-state index is 12.3. The fraction of sp³-hybridized carbons (Fsp3) is 0.938.